The highest BCUT2D eigenvalue weighted by Crippen LogP contribution is 2.17. The number of carbonyl (C=O) groups excluding carboxylic acids is 1. The molecule has 1 aromatic heterocycles. The van der Waals surface area contributed by atoms with E-state index in [0.29, 0.717) is 12.2 Å². The molecule has 0 aliphatic heterocycles. The fourth-order valence-electron chi connectivity index (χ4n) is 1.07. The number of pyridine rings is 1. The second kappa shape index (κ2) is 7.44. The van der Waals surface area contributed by atoms with E-state index in [0.717, 1.165) is 0 Å². The van der Waals surface area contributed by atoms with Gasteiger partial charge in [-0.3, -0.25) is 4.98 Å². The maximum absolute atomic E-state index is 11.5. The maximum Gasteiger partial charge on any atom is 0.330 e. The van der Waals surface area contributed by atoms with Gasteiger partial charge in [0.25, 0.3) is 0 Å². The first-order valence-electron chi connectivity index (χ1n) is 4.45. The van der Waals surface area contributed by atoms with Crippen molar-refractivity contribution in [1.82, 2.24) is 4.98 Å². The lowest BCUT2D eigenvalue weighted by molar-refractivity contribution is -0.149. The minimum Gasteiger partial charge on any atom is -0.464 e. The average Bonchev–Trinajstić information content (AvgIpc) is 2.19. The van der Waals surface area contributed by atoms with Crippen molar-refractivity contribution in [3.63, 3.8) is 0 Å². The monoisotopic (exact) mass is 266 g/mol. The molecule has 0 saturated heterocycles. The summed E-state index contributed by atoms with van der Waals surface area (Å²) in [6.45, 7) is 3.69. The fraction of sp³-hybridized carbons (Fsp3) is 0.400. The smallest absolute Gasteiger partial charge is 0.330 e. The van der Waals surface area contributed by atoms with Crippen LogP contribution in [0.2, 0.25) is 0 Å². The van der Waals surface area contributed by atoms with E-state index in [4.69, 9.17) is 10.5 Å². The molecule has 0 bridgehead atoms. The molecule has 1 aromatic rings. The van der Waals surface area contributed by atoms with E-state index in [2.05, 4.69) is 4.98 Å². The Morgan fingerprint density at radius 3 is 2.62 bits per heavy atom. The van der Waals surface area contributed by atoms with Gasteiger partial charge in [-0.15, -0.1) is 24.8 Å². The Bertz CT molecular complexity index is 318. The van der Waals surface area contributed by atoms with Gasteiger partial charge < -0.3 is 10.5 Å². The molecule has 1 atom stereocenters. The molecule has 0 aliphatic rings. The van der Waals surface area contributed by atoms with Crippen LogP contribution < -0.4 is 5.73 Å². The third-order valence-corrected chi connectivity index (χ3v) is 1.96. The molecule has 1 unspecified atom stereocenters. The van der Waals surface area contributed by atoms with Crippen molar-refractivity contribution in [3.8, 4) is 0 Å². The van der Waals surface area contributed by atoms with Crippen LogP contribution in [-0.4, -0.2) is 17.6 Å². The topological polar surface area (TPSA) is 65.2 Å². The summed E-state index contributed by atoms with van der Waals surface area (Å²) in [6.07, 6.45) is 3.20. The summed E-state index contributed by atoms with van der Waals surface area (Å²) in [5.41, 5.74) is 5.38. The third kappa shape index (κ3) is 3.96. The lowest BCUT2D eigenvalue weighted by Gasteiger charge is -2.21. The minimum atomic E-state index is -1.12. The molecule has 0 radical (unpaired) electrons. The predicted octanol–water partition coefficient (Wildman–Crippen LogP) is 1.66. The van der Waals surface area contributed by atoms with E-state index in [9.17, 15) is 4.79 Å². The van der Waals surface area contributed by atoms with E-state index in [-0.39, 0.29) is 24.8 Å². The predicted molar refractivity (Wildman–Crippen MR) is 66.9 cm³/mol. The zero-order valence-corrected chi connectivity index (χ0v) is 10.8. The number of nitrogens with zero attached hydrogens (tertiary/aromatic N) is 1. The quantitative estimate of drug-likeness (QED) is 0.846. The van der Waals surface area contributed by atoms with Crippen molar-refractivity contribution in [2.24, 2.45) is 5.73 Å². The number of hydrogen-bond acceptors (Lipinski definition) is 4. The maximum atomic E-state index is 11.5. The van der Waals surface area contributed by atoms with Crippen LogP contribution in [0.25, 0.3) is 0 Å². The van der Waals surface area contributed by atoms with Gasteiger partial charge in [-0.25, -0.2) is 4.79 Å². The van der Waals surface area contributed by atoms with Crippen LogP contribution in [0.5, 0.6) is 0 Å². The second-order valence-corrected chi connectivity index (χ2v) is 3.16. The molecular weight excluding hydrogens is 251 g/mol. The largest absolute Gasteiger partial charge is 0.464 e. The van der Waals surface area contributed by atoms with Gasteiger partial charge in [0, 0.05) is 18.0 Å². The van der Waals surface area contributed by atoms with Gasteiger partial charge in [-0.05, 0) is 19.9 Å². The number of carbonyl (C=O) groups is 1. The molecule has 0 fully saturated rings. The number of hydrogen-bond donors (Lipinski definition) is 1. The Balaban J connectivity index is 0. The number of esters is 1. The van der Waals surface area contributed by atoms with Crippen LogP contribution >= 0.6 is 24.8 Å². The summed E-state index contributed by atoms with van der Waals surface area (Å²) < 4.78 is 4.87. The lowest BCUT2D eigenvalue weighted by Crippen LogP contribution is -2.43. The standard InChI is InChI=1S/C10H14N2O2.2ClH/c1-3-14-9(13)10(2,11)8-5-4-6-12-7-8;;/h4-7H,3,11H2,1-2H3;2*1H. The normalized spacial score (nSPS) is 12.7. The third-order valence-electron chi connectivity index (χ3n) is 1.96. The molecule has 2 N–H and O–H groups in total. The van der Waals surface area contributed by atoms with Crippen LogP contribution in [0.15, 0.2) is 24.5 Å². The summed E-state index contributed by atoms with van der Waals surface area (Å²) in [6, 6.07) is 3.49. The highest BCUT2D eigenvalue weighted by atomic mass is 35.5. The number of aromatic nitrogens is 1. The number of rotatable bonds is 3. The van der Waals surface area contributed by atoms with Crippen molar-refractivity contribution in [2.75, 3.05) is 6.61 Å². The van der Waals surface area contributed by atoms with Gasteiger partial charge in [-0.2, -0.15) is 0 Å². The van der Waals surface area contributed by atoms with E-state index in [1.165, 1.54) is 0 Å². The molecule has 92 valence electrons. The van der Waals surface area contributed by atoms with E-state index >= 15 is 0 Å². The summed E-state index contributed by atoms with van der Waals surface area (Å²) in [5.74, 6) is -0.437. The van der Waals surface area contributed by atoms with Gasteiger partial charge in [0.15, 0.2) is 0 Å². The zero-order chi connectivity index (χ0) is 10.6. The van der Waals surface area contributed by atoms with Gasteiger partial charge in [0.2, 0.25) is 0 Å². The number of nitrogens with two attached hydrogens (primary N) is 1. The number of ether oxygens (including phenoxy) is 1. The molecule has 4 nitrogen and oxygen atoms in total. The molecule has 0 amide bonds. The van der Waals surface area contributed by atoms with Crippen LogP contribution in [0.1, 0.15) is 19.4 Å². The molecule has 0 saturated carbocycles. The van der Waals surface area contributed by atoms with Gasteiger partial charge in [0.1, 0.15) is 5.54 Å². The van der Waals surface area contributed by atoms with Crippen molar-refractivity contribution in [3.05, 3.63) is 30.1 Å². The molecule has 1 heterocycles. The summed E-state index contributed by atoms with van der Waals surface area (Å²) in [4.78, 5) is 15.4. The highest BCUT2D eigenvalue weighted by molar-refractivity contribution is 5.85. The Hall–Kier alpha value is -0.840. The van der Waals surface area contributed by atoms with Crippen LogP contribution in [0.3, 0.4) is 0 Å². The van der Waals surface area contributed by atoms with Crippen LogP contribution in [0, 0.1) is 0 Å². The zero-order valence-electron chi connectivity index (χ0n) is 9.17. The van der Waals surface area contributed by atoms with Gasteiger partial charge in [-0.1, -0.05) is 6.07 Å². The Morgan fingerprint density at radius 1 is 1.56 bits per heavy atom. The molecule has 0 aromatic carbocycles. The molecule has 16 heavy (non-hydrogen) atoms. The molecule has 0 aliphatic carbocycles. The first kappa shape index (κ1) is 17.6. The van der Waals surface area contributed by atoms with Gasteiger partial charge in [0.05, 0.1) is 6.61 Å². The summed E-state index contributed by atoms with van der Waals surface area (Å²) in [5, 5.41) is 0. The second-order valence-electron chi connectivity index (χ2n) is 3.16. The average molecular weight is 267 g/mol. The van der Waals surface area contributed by atoms with Crippen molar-refractivity contribution >= 4 is 30.8 Å². The first-order chi connectivity index (χ1) is 6.59. The Kier molecular flexibility index (Phi) is 8.16. The SMILES string of the molecule is CCOC(=O)C(C)(N)c1cccnc1.Cl.Cl. The highest BCUT2D eigenvalue weighted by Gasteiger charge is 2.32. The van der Waals surface area contributed by atoms with Crippen molar-refractivity contribution in [1.29, 1.82) is 0 Å². The summed E-state index contributed by atoms with van der Waals surface area (Å²) in [7, 11) is 0. The Morgan fingerprint density at radius 2 is 2.19 bits per heavy atom. The van der Waals surface area contributed by atoms with E-state index in [1.54, 1.807) is 38.4 Å². The van der Waals surface area contributed by atoms with Crippen molar-refractivity contribution < 1.29 is 9.53 Å². The molecule has 6 heteroatoms. The van der Waals surface area contributed by atoms with Crippen molar-refractivity contribution in [2.45, 2.75) is 19.4 Å². The van der Waals surface area contributed by atoms with E-state index < -0.39 is 11.5 Å². The lowest BCUT2D eigenvalue weighted by atomic mass is 9.95. The molecule has 0 spiro atoms. The van der Waals surface area contributed by atoms with Gasteiger partial charge >= 0.3 is 5.97 Å². The molecular formula is C10H16Cl2N2O2. The van der Waals surface area contributed by atoms with Crippen LogP contribution in [-0.2, 0) is 15.1 Å². The first-order valence-corrected chi connectivity index (χ1v) is 4.45. The minimum absolute atomic E-state index is 0. The molecule has 1 rings (SSSR count). The van der Waals surface area contributed by atoms with E-state index in [1.807, 2.05) is 0 Å². The van der Waals surface area contributed by atoms with Crippen LogP contribution in [0.4, 0.5) is 0 Å². The fourth-order valence-corrected chi connectivity index (χ4v) is 1.07. The summed E-state index contributed by atoms with van der Waals surface area (Å²) >= 11 is 0. The Labute approximate surface area is 107 Å². The number of halogens is 2.